The van der Waals surface area contributed by atoms with Crippen molar-refractivity contribution in [2.75, 3.05) is 10.6 Å². The Morgan fingerprint density at radius 1 is 0.783 bits per heavy atom. The van der Waals surface area contributed by atoms with Gasteiger partial charge in [-0.3, -0.25) is 4.79 Å². The van der Waals surface area contributed by atoms with Gasteiger partial charge in [0.25, 0.3) is 0 Å². The molecule has 2 aliphatic carbocycles. The van der Waals surface area contributed by atoms with Crippen LogP contribution in [-0.2, 0) is 12.8 Å². The number of para-hydroxylation sites is 2. The summed E-state index contributed by atoms with van der Waals surface area (Å²) in [5.41, 5.74) is 16.2. The van der Waals surface area contributed by atoms with Crippen LogP contribution in [0.25, 0.3) is 17.7 Å². The van der Waals surface area contributed by atoms with Crippen molar-refractivity contribution >= 4 is 40.6 Å². The van der Waals surface area contributed by atoms with Crippen molar-refractivity contribution in [3.8, 4) is 0 Å². The highest BCUT2D eigenvalue weighted by Crippen LogP contribution is 2.25. The molecule has 0 fully saturated rings. The van der Waals surface area contributed by atoms with Gasteiger partial charge < -0.3 is 16.4 Å². The van der Waals surface area contributed by atoms with Gasteiger partial charge in [-0.15, -0.1) is 0 Å². The summed E-state index contributed by atoms with van der Waals surface area (Å²) in [5.74, 6) is 0.0287. The Bertz CT molecular complexity index is 2230. The SMILES string of the molecule is C1=CNc2ccccc2C=C1.Cc1ccccc1Nc1ccc(C(=O)C2=c3ccc4c(c3CCC2N)CC=c2ccccc2=4)cc1. The lowest BCUT2D eigenvalue weighted by Crippen LogP contribution is -2.38. The molecule has 46 heavy (non-hydrogen) atoms. The average Bonchev–Trinajstić information content (AvgIpc) is 3.35. The minimum Gasteiger partial charge on any atom is -0.361 e. The largest absolute Gasteiger partial charge is 0.361 e. The Morgan fingerprint density at radius 3 is 2.41 bits per heavy atom. The van der Waals surface area contributed by atoms with Crippen molar-refractivity contribution in [2.24, 2.45) is 5.73 Å². The number of ketones is 1. The molecule has 4 nitrogen and oxygen atoms in total. The molecule has 0 amide bonds. The second kappa shape index (κ2) is 12.9. The number of aryl methyl sites for hydroxylation is 1. The first-order valence-electron chi connectivity index (χ1n) is 15.9. The van der Waals surface area contributed by atoms with Gasteiger partial charge in [0.1, 0.15) is 0 Å². The Labute approximate surface area is 269 Å². The van der Waals surface area contributed by atoms with E-state index in [1.807, 2.05) is 66.9 Å². The topological polar surface area (TPSA) is 67.1 Å². The molecule has 0 radical (unpaired) electrons. The maximum Gasteiger partial charge on any atom is 0.191 e. The lowest BCUT2D eigenvalue weighted by atomic mass is 9.81. The molecule has 226 valence electrons. The van der Waals surface area contributed by atoms with Gasteiger partial charge in [0.15, 0.2) is 5.78 Å². The van der Waals surface area contributed by atoms with E-state index in [2.05, 4.69) is 90.4 Å². The molecular weight excluding hydrogens is 562 g/mol. The predicted molar refractivity (Wildman–Crippen MR) is 191 cm³/mol. The van der Waals surface area contributed by atoms with Gasteiger partial charge in [-0.1, -0.05) is 91.0 Å². The van der Waals surface area contributed by atoms with Crippen molar-refractivity contribution < 1.29 is 4.79 Å². The van der Waals surface area contributed by atoms with Gasteiger partial charge in [-0.05, 0) is 112 Å². The van der Waals surface area contributed by atoms with Gasteiger partial charge in [0.05, 0.1) is 0 Å². The number of rotatable bonds is 4. The lowest BCUT2D eigenvalue weighted by Gasteiger charge is -2.24. The third-order valence-corrected chi connectivity index (χ3v) is 9.07. The van der Waals surface area contributed by atoms with E-state index >= 15 is 0 Å². The van der Waals surface area contributed by atoms with Crippen LogP contribution in [0.5, 0.6) is 0 Å². The number of fused-ring (bicyclic) bond motifs is 5. The van der Waals surface area contributed by atoms with Crippen molar-refractivity contribution in [3.63, 3.8) is 0 Å². The van der Waals surface area contributed by atoms with E-state index in [0.717, 1.165) is 47.1 Å². The summed E-state index contributed by atoms with van der Waals surface area (Å²) in [7, 11) is 0. The summed E-state index contributed by atoms with van der Waals surface area (Å²) < 4.78 is 0. The number of Topliss-reactive ketones (excluding diaryl/α,β-unsaturated/α-hetero) is 1. The molecule has 5 aromatic carbocycles. The number of allylic oxidation sites excluding steroid dienone is 2. The normalized spacial score (nSPS) is 15.3. The molecule has 1 atom stereocenters. The first-order valence-corrected chi connectivity index (χ1v) is 15.9. The van der Waals surface area contributed by atoms with Crippen LogP contribution in [0.2, 0.25) is 0 Å². The van der Waals surface area contributed by atoms with E-state index in [4.69, 9.17) is 5.73 Å². The van der Waals surface area contributed by atoms with E-state index in [1.54, 1.807) is 0 Å². The van der Waals surface area contributed by atoms with Crippen LogP contribution in [0.4, 0.5) is 17.1 Å². The van der Waals surface area contributed by atoms with Gasteiger partial charge in [0.2, 0.25) is 0 Å². The van der Waals surface area contributed by atoms with Crippen LogP contribution in [0.1, 0.15) is 39.0 Å². The number of nitrogens with two attached hydrogens (primary N) is 1. The van der Waals surface area contributed by atoms with Crippen LogP contribution in [-0.4, -0.2) is 11.8 Å². The quantitative estimate of drug-likeness (QED) is 0.190. The summed E-state index contributed by atoms with van der Waals surface area (Å²) in [5, 5.41) is 11.5. The molecule has 0 bridgehead atoms. The zero-order valence-corrected chi connectivity index (χ0v) is 26.0. The molecule has 5 aromatic rings. The zero-order valence-electron chi connectivity index (χ0n) is 26.0. The molecule has 4 heteroatoms. The van der Waals surface area contributed by atoms with Crippen molar-refractivity contribution in [2.45, 2.75) is 32.2 Å². The Morgan fingerprint density at radius 2 is 1.54 bits per heavy atom. The molecule has 1 unspecified atom stereocenters. The van der Waals surface area contributed by atoms with Gasteiger partial charge >= 0.3 is 0 Å². The number of hydrogen-bond donors (Lipinski definition) is 3. The van der Waals surface area contributed by atoms with Crippen LogP contribution >= 0.6 is 0 Å². The maximum atomic E-state index is 13.7. The van der Waals surface area contributed by atoms with Gasteiger partial charge in [0, 0.05) is 40.4 Å². The highest BCUT2D eigenvalue weighted by Gasteiger charge is 2.26. The third kappa shape index (κ3) is 5.83. The lowest BCUT2D eigenvalue weighted by molar-refractivity contribution is 0.105. The molecule has 1 aliphatic heterocycles. The summed E-state index contributed by atoms with van der Waals surface area (Å²) in [6, 6.07) is 36.7. The second-order valence-corrected chi connectivity index (χ2v) is 12.0. The van der Waals surface area contributed by atoms with Crippen LogP contribution in [0.15, 0.2) is 128 Å². The minimum absolute atomic E-state index is 0.0287. The third-order valence-electron chi connectivity index (χ3n) is 9.07. The fraction of sp³-hybridized carbons (Fsp3) is 0.119. The summed E-state index contributed by atoms with van der Waals surface area (Å²) in [4.78, 5) is 13.7. The Balaban J connectivity index is 0.000000259. The van der Waals surface area contributed by atoms with Gasteiger partial charge in [-0.25, -0.2) is 0 Å². The van der Waals surface area contributed by atoms with Crippen molar-refractivity contribution in [3.05, 3.63) is 176 Å². The molecule has 0 spiro atoms. The zero-order chi connectivity index (χ0) is 31.5. The first-order chi connectivity index (χ1) is 22.6. The summed E-state index contributed by atoms with van der Waals surface area (Å²) in [6.45, 7) is 2.08. The average molecular weight is 600 g/mol. The molecule has 4 N–H and O–H groups in total. The Kier molecular flexibility index (Phi) is 8.20. The number of carbonyl (C=O) groups excluding carboxylic acids is 1. The molecule has 3 aliphatic rings. The van der Waals surface area contributed by atoms with E-state index in [0.29, 0.717) is 5.56 Å². The van der Waals surface area contributed by atoms with E-state index in [-0.39, 0.29) is 11.8 Å². The summed E-state index contributed by atoms with van der Waals surface area (Å²) in [6.07, 6.45) is 12.9. The Hall–Kier alpha value is -5.45. The number of nitrogens with one attached hydrogen (secondary N) is 2. The highest BCUT2D eigenvalue weighted by atomic mass is 16.1. The van der Waals surface area contributed by atoms with E-state index in [1.165, 1.54) is 37.9 Å². The number of anilines is 3. The highest BCUT2D eigenvalue weighted by molar-refractivity contribution is 6.25. The molecule has 0 saturated carbocycles. The van der Waals surface area contributed by atoms with Gasteiger partial charge in [-0.2, -0.15) is 0 Å². The first kappa shape index (κ1) is 29.3. The second-order valence-electron chi connectivity index (χ2n) is 12.0. The fourth-order valence-corrected chi connectivity index (χ4v) is 6.64. The molecular formula is C42H37N3O. The van der Waals surface area contributed by atoms with Crippen molar-refractivity contribution in [1.29, 1.82) is 0 Å². The number of hydrogen-bond acceptors (Lipinski definition) is 4. The minimum atomic E-state index is -0.252. The van der Waals surface area contributed by atoms with Crippen LogP contribution in [0.3, 0.4) is 0 Å². The summed E-state index contributed by atoms with van der Waals surface area (Å²) >= 11 is 0. The molecule has 0 aromatic heterocycles. The van der Waals surface area contributed by atoms with E-state index in [9.17, 15) is 4.79 Å². The smallest absolute Gasteiger partial charge is 0.191 e. The monoisotopic (exact) mass is 599 g/mol. The number of benzene rings is 5. The standard InChI is InChI=1S/C32H28N2O.C10H9N/c1-20-6-2-5-9-30(20)34-23-13-10-22(11-14-23)32(35)31-28-17-16-25-24-8-4-3-7-21(24)12-15-26(25)27(28)18-19-29(31)33;1-2-7-10-9(5-1)6-3-4-8-11-10/h2-14,16-17,29,34H,15,18-19,33H2,1H3;1-8,11H. The molecule has 1 heterocycles. The number of carbonyl (C=O) groups is 1. The maximum absolute atomic E-state index is 13.7. The van der Waals surface area contributed by atoms with Crippen molar-refractivity contribution in [1.82, 2.24) is 0 Å². The predicted octanol–water partition coefficient (Wildman–Crippen LogP) is 7.31. The molecule has 8 rings (SSSR count). The molecule has 0 saturated heterocycles. The fourth-order valence-electron chi connectivity index (χ4n) is 6.64. The van der Waals surface area contributed by atoms with Crippen LogP contribution < -0.4 is 26.8 Å². The van der Waals surface area contributed by atoms with E-state index < -0.39 is 0 Å². The van der Waals surface area contributed by atoms with Crippen LogP contribution in [0, 0.1) is 17.4 Å².